The Morgan fingerprint density at radius 3 is 2.11 bits per heavy atom. The van der Waals surface area contributed by atoms with Gasteiger partial charge >= 0.3 is 7.82 Å². The highest BCUT2D eigenvalue weighted by Gasteiger charge is 2.26. The molecule has 2 unspecified atom stereocenters. The zero-order chi connectivity index (χ0) is 14.2. The van der Waals surface area contributed by atoms with Crippen LogP contribution in [0.2, 0.25) is 0 Å². The lowest BCUT2D eigenvalue weighted by Gasteiger charge is -2.18. The van der Waals surface area contributed by atoms with Gasteiger partial charge in [-0.25, -0.2) is 15.1 Å². The first-order chi connectivity index (χ1) is 8.29. The summed E-state index contributed by atoms with van der Waals surface area (Å²) in [5, 5.41) is 0. The smallest absolute Gasteiger partial charge is 0.286 e. The molecule has 0 rings (SSSR count). The van der Waals surface area contributed by atoms with Crippen LogP contribution in [0.5, 0.6) is 0 Å². The van der Waals surface area contributed by atoms with E-state index in [4.69, 9.17) is 14.9 Å². The van der Waals surface area contributed by atoms with Crippen LogP contribution < -0.4 is 5.90 Å². The van der Waals surface area contributed by atoms with Gasteiger partial charge in [0.25, 0.3) is 0 Å². The van der Waals surface area contributed by atoms with Crippen LogP contribution in [-0.2, 0) is 18.2 Å². The van der Waals surface area contributed by atoms with Crippen molar-refractivity contribution < 1.29 is 18.2 Å². The summed E-state index contributed by atoms with van der Waals surface area (Å²) in [5.74, 6) is 6.39. The molecule has 0 bridgehead atoms. The lowest BCUT2D eigenvalue weighted by Crippen LogP contribution is -2.10. The Balaban J connectivity index is 3.95. The molecule has 0 radical (unpaired) electrons. The number of rotatable bonds is 10. The molecule has 0 amide bonds. The zero-order valence-corrected chi connectivity index (χ0v) is 13.1. The highest BCUT2D eigenvalue weighted by Crippen LogP contribution is 2.48. The van der Waals surface area contributed by atoms with Gasteiger partial charge in [0, 0.05) is 0 Å². The third kappa shape index (κ3) is 9.06. The Hall–Kier alpha value is 0.0700. The Kier molecular flexibility index (Phi) is 9.09. The average molecular weight is 281 g/mol. The molecular weight excluding hydrogens is 253 g/mol. The molecule has 0 saturated carbocycles. The van der Waals surface area contributed by atoms with Crippen LogP contribution in [0.1, 0.15) is 47.5 Å². The van der Waals surface area contributed by atoms with Crippen molar-refractivity contribution in [3.05, 3.63) is 0 Å². The summed E-state index contributed by atoms with van der Waals surface area (Å²) in [6.07, 6.45) is 1.93. The van der Waals surface area contributed by atoms with Crippen molar-refractivity contribution in [2.45, 2.75) is 47.5 Å². The summed E-state index contributed by atoms with van der Waals surface area (Å²) >= 11 is 0. The number of phosphoric ester groups is 1. The van der Waals surface area contributed by atoms with Crippen LogP contribution in [0.4, 0.5) is 0 Å². The molecule has 2 atom stereocenters. The molecule has 6 heteroatoms. The van der Waals surface area contributed by atoms with Crippen molar-refractivity contribution in [3.63, 3.8) is 0 Å². The highest BCUT2D eigenvalue weighted by molar-refractivity contribution is 7.48. The topological polar surface area (TPSA) is 70.8 Å². The minimum Gasteiger partial charge on any atom is -0.286 e. The maximum atomic E-state index is 11.9. The zero-order valence-electron chi connectivity index (χ0n) is 12.2. The van der Waals surface area contributed by atoms with E-state index in [1.165, 1.54) is 0 Å². The number of phosphoric acid groups is 1. The van der Waals surface area contributed by atoms with E-state index < -0.39 is 7.82 Å². The van der Waals surface area contributed by atoms with Gasteiger partial charge in [0.1, 0.15) is 0 Å². The van der Waals surface area contributed by atoms with E-state index in [0.29, 0.717) is 25.0 Å². The predicted molar refractivity (Wildman–Crippen MR) is 72.9 cm³/mol. The molecule has 2 N–H and O–H groups in total. The van der Waals surface area contributed by atoms with Crippen LogP contribution in [0, 0.1) is 17.8 Å². The molecule has 0 aromatic heterocycles. The van der Waals surface area contributed by atoms with Gasteiger partial charge in [-0.2, -0.15) is 0 Å². The van der Waals surface area contributed by atoms with Gasteiger partial charge in [0.15, 0.2) is 0 Å². The maximum Gasteiger partial charge on any atom is 0.491 e. The lowest BCUT2D eigenvalue weighted by molar-refractivity contribution is 0.0996. The SMILES string of the molecule is CC(C)COP(=O)(ON)OCCC(C)CC(C)C. The minimum atomic E-state index is -3.57. The van der Waals surface area contributed by atoms with Gasteiger partial charge in [0.05, 0.1) is 13.2 Å². The van der Waals surface area contributed by atoms with Gasteiger partial charge in [-0.05, 0) is 30.6 Å². The Morgan fingerprint density at radius 1 is 1.06 bits per heavy atom. The first kappa shape index (κ1) is 18.1. The summed E-state index contributed by atoms with van der Waals surface area (Å²) in [4.78, 5) is 0. The minimum absolute atomic E-state index is 0.247. The molecule has 0 aliphatic rings. The van der Waals surface area contributed by atoms with E-state index in [1.807, 2.05) is 13.8 Å². The Bertz CT molecular complexity index is 258. The average Bonchev–Trinajstić information content (AvgIpc) is 2.25. The van der Waals surface area contributed by atoms with Crippen LogP contribution in [0.15, 0.2) is 0 Å². The molecule has 0 spiro atoms. The van der Waals surface area contributed by atoms with Gasteiger partial charge < -0.3 is 0 Å². The van der Waals surface area contributed by atoms with Gasteiger partial charge in [-0.1, -0.05) is 34.6 Å². The fourth-order valence-corrected chi connectivity index (χ4v) is 2.63. The van der Waals surface area contributed by atoms with Crippen molar-refractivity contribution in [2.75, 3.05) is 13.2 Å². The second kappa shape index (κ2) is 9.05. The van der Waals surface area contributed by atoms with Crippen LogP contribution >= 0.6 is 7.82 Å². The van der Waals surface area contributed by atoms with Crippen LogP contribution in [0.25, 0.3) is 0 Å². The predicted octanol–water partition coefficient (Wildman–Crippen LogP) is 3.75. The quantitative estimate of drug-likeness (QED) is 0.488. The summed E-state index contributed by atoms with van der Waals surface area (Å²) in [5.41, 5.74) is 0. The molecule has 18 heavy (non-hydrogen) atoms. The van der Waals surface area contributed by atoms with Gasteiger partial charge in [-0.15, -0.1) is 0 Å². The molecular formula is C12H28NO4P. The molecule has 0 heterocycles. The van der Waals surface area contributed by atoms with E-state index in [0.717, 1.165) is 12.8 Å². The van der Waals surface area contributed by atoms with E-state index in [2.05, 4.69) is 25.4 Å². The molecule has 0 aromatic carbocycles. The lowest BCUT2D eigenvalue weighted by atomic mass is 9.97. The molecule has 0 aromatic rings. The first-order valence-electron chi connectivity index (χ1n) is 6.56. The van der Waals surface area contributed by atoms with Crippen molar-refractivity contribution in [3.8, 4) is 0 Å². The van der Waals surface area contributed by atoms with Crippen molar-refractivity contribution in [2.24, 2.45) is 23.7 Å². The number of hydrogen-bond donors (Lipinski definition) is 1. The van der Waals surface area contributed by atoms with Crippen molar-refractivity contribution >= 4 is 7.82 Å². The Labute approximate surface area is 111 Å². The molecule has 0 saturated heterocycles. The van der Waals surface area contributed by atoms with E-state index in [9.17, 15) is 4.57 Å². The molecule has 0 aliphatic carbocycles. The summed E-state index contributed by atoms with van der Waals surface area (Å²) in [6, 6.07) is 0. The number of hydrogen-bond acceptors (Lipinski definition) is 5. The van der Waals surface area contributed by atoms with Gasteiger partial charge in [-0.3, -0.25) is 9.05 Å². The van der Waals surface area contributed by atoms with Crippen molar-refractivity contribution in [1.29, 1.82) is 0 Å². The molecule has 5 nitrogen and oxygen atoms in total. The largest absolute Gasteiger partial charge is 0.491 e. The van der Waals surface area contributed by atoms with Crippen LogP contribution in [0.3, 0.4) is 0 Å². The third-order valence-electron chi connectivity index (χ3n) is 2.43. The summed E-state index contributed by atoms with van der Waals surface area (Å²) in [6.45, 7) is 11.0. The first-order valence-corrected chi connectivity index (χ1v) is 8.02. The maximum absolute atomic E-state index is 11.9. The second-order valence-electron chi connectivity index (χ2n) is 5.60. The third-order valence-corrected chi connectivity index (χ3v) is 3.65. The molecule has 0 fully saturated rings. The highest BCUT2D eigenvalue weighted by atomic mass is 31.2. The fraction of sp³-hybridized carbons (Fsp3) is 1.00. The van der Waals surface area contributed by atoms with E-state index >= 15 is 0 Å². The number of nitrogens with two attached hydrogens (primary N) is 1. The summed E-state index contributed by atoms with van der Waals surface area (Å²) < 4.78 is 26.5. The normalized spacial score (nSPS) is 17.1. The monoisotopic (exact) mass is 281 g/mol. The van der Waals surface area contributed by atoms with E-state index in [-0.39, 0.29) is 5.92 Å². The van der Waals surface area contributed by atoms with Crippen molar-refractivity contribution in [1.82, 2.24) is 0 Å². The van der Waals surface area contributed by atoms with Crippen LogP contribution in [-0.4, -0.2) is 13.2 Å². The van der Waals surface area contributed by atoms with Gasteiger partial charge in [0.2, 0.25) is 0 Å². The molecule has 0 aliphatic heterocycles. The summed E-state index contributed by atoms with van der Waals surface area (Å²) in [7, 11) is -3.57. The molecule has 110 valence electrons. The fourth-order valence-electron chi connectivity index (χ4n) is 1.63. The van der Waals surface area contributed by atoms with E-state index in [1.54, 1.807) is 0 Å². The second-order valence-corrected chi connectivity index (χ2v) is 7.22. The Morgan fingerprint density at radius 2 is 1.67 bits per heavy atom. The standard InChI is InChI=1S/C12H28NO4P/c1-10(2)8-12(5)6-7-15-18(14,17-13)16-9-11(3)4/h10-12H,6-9,13H2,1-5H3.